The standard InChI is InChI=1S/C27H35ClN2O2S/c1-19-9-7-8-12-21(19)25-22-14-16-33-23(22)13-15-29(25)24(31)17-30(20-10-5-4-6-11-20)26(32)27(2,3)18-28/h7-9,12,14,16,20,25H,4-6,10-11,13,15,17-18H2,1-3H3. The Kier molecular flexibility index (Phi) is 7.49. The highest BCUT2D eigenvalue weighted by molar-refractivity contribution is 7.10. The van der Waals surface area contributed by atoms with Gasteiger partial charge in [-0.05, 0) is 68.2 Å². The normalized spacial score (nSPS) is 19.3. The third-order valence-corrected chi connectivity index (χ3v) is 8.93. The number of amides is 2. The number of carbonyl (C=O) groups is 2. The van der Waals surface area contributed by atoms with Crippen molar-refractivity contribution in [3.63, 3.8) is 0 Å². The molecule has 1 aromatic carbocycles. The van der Waals surface area contributed by atoms with Crippen LogP contribution < -0.4 is 0 Å². The molecule has 0 bridgehead atoms. The van der Waals surface area contributed by atoms with Crippen molar-refractivity contribution in [1.29, 1.82) is 0 Å². The van der Waals surface area contributed by atoms with Crippen LogP contribution in [0.1, 0.15) is 73.6 Å². The molecule has 1 aliphatic heterocycles. The zero-order chi connectivity index (χ0) is 23.6. The van der Waals surface area contributed by atoms with Crippen LogP contribution in [0.15, 0.2) is 35.7 Å². The van der Waals surface area contributed by atoms with Gasteiger partial charge in [0.15, 0.2) is 0 Å². The summed E-state index contributed by atoms with van der Waals surface area (Å²) in [5.41, 5.74) is 2.90. The van der Waals surface area contributed by atoms with Crippen LogP contribution in [0.4, 0.5) is 0 Å². The summed E-state index contributed by atoms with van der Waals surface area (Å²) in [4.78, 5) is 32.7. The molecule has 1 saturated carbocycles. The number of fused-ring (bicyclic) bond motifs is 1. The Balaban J connectivity index is 1.65. The van der Waals surface area contributed by atoms with Gasteiger partial charge in [-0.15, -0.1) is 22.9 Å². The zero-order valence-corrected chi connectivity index (χ0v) is 21.6. The second-order valence-corrected chi connectivity index (χ2v) is 11.4. The van der Waals surface area contributed by atoms with E-state index in [0.29, 0.717) is 6.54 Å². The van der Waals surface area contributed by atoms with Crippen molar-refractivity contribution in [1.82, 2.24) is 9.80 Å². The Hall–Kier alpha value is -1.85. The van der Waals surface area contributed by atoms with Crippen LogP contribution in [-0.2, 0) is 16.0 Å². The van der Waals surface area contributed by atoms with Gasteiger partial charge in [-0.3, -0.25) is 9.59 Å². The molecule has 6 heteroatoms. The van der Waals surface area contributed by atoms with E-state index in [1.54, 1.807) is 11.3 Å². The van der Waals surface area contributed by atoms with Crippen LogP contribution in [0, 0.1) is 12.3 Å². The van der Waals surface area contributed by atoms with Gasteiger partial charge in [-0.1, -0.05) is 43.5 Å². The van der Waals surface area contributed by atoms with E-state index in [1.807, 2.05) is 35.8 Å². The van der Waals surface area contributed by atoms with Crippen molar-refractivity contribution >= 4 is 34.8 Å². The molecule has 0 radical (unpaired) electrons. The summed E-state index contributed by atoms with van der Waals surface area (Å²) in [6.45, 7) is 6.69. The van der Waals surface area contributed by atoms with Crippen LogP contribution in [0.5, 0.6) is 0 Å². The fraction of sp³-hybridized carbons (Fsp3) is 0.556. The first-order chi connectivity index (χ1) is 15.8. The first kappa shape index (κ1) is 24.3. The monoisotopic (exact) mass is 486 g/mol. The number of carbonyl (C=O) groups excluding carboxylic acids is 2. The van der Waals surface area contributed by atoms with E-state index in [0.717, 1.165) is 32.1 Å². The van der Waals surface area contributed by atoms with E-state index >= 15 is 0 Å². The molecule has 0 saturated heterocycles. The van der Waals surface area contributed by atoms with E-state index in [2.05, 4.69) is 30.5 Å². The van der Waals surface area contributed by atoms with Crippen LogP contribution in [-0.4, -0.2) is 46.6 Å². The number of nitrogens with zero attached hydrogens (tertiary/aromatic N) is 2. The second-order valence-electron chi connectivity index (χ2n) is 10.1. The molecule has 178 valence electrons. The third-order valence-electron chi connectivity index (χ3n) is 7.26. The summed E-state index contributed by atoms with van der Waals surface area (Å²) in [7, 11) is 0. The van der Waals surface area contributed by atoms with Gasteiger partial charge in [0.05, 0.1) is 11.5 Å². The molecule has 1 atom stereocenters. The van der Waals surface area contributed by atoms with Crippen molar-refractivity contribution in [2.45, 2.75) is 71.4 Å². The molecular weight excluding hydrogens is 452 g/mol. The number of benzene rings is 1. The third kappa shape index (κ3) is 5.00. The summed E-state index contributed by atoms with van der Waals surface area (Å²) >= 11 is 7.95. The molecule has 1 unspecified atom stereocenters. The minimum atomic E-state index is -0.683. The fourth-order valence-electron chi connectivity index (χ4n) is 5.26. The Morgan fingerprint density at radius 3 is 2.55 bits per heavy atom. The molecule has 1 aromatic heterocycles. The number of thiophene rings is 1. The smallest absolute Gasteiger partial charge is 0.243 e. The lowest BCUT2D eigenvalue weighted by atomic mass is 9.88. The maximum Gasteiger partial charge on any atom is 0.243 e. The number of halogens is 1. The van der Waals surface area contributed by atoms with Crippen molar-refractivity contribution in [3.05, 3.63) is 57.3 Å². The molecule has 0 spiro atoms. The molecule has 0 N–H and O–H groups in total. The molecule has 2 aromatic rings. The average Bonchev–Trinajstić information content (AvgIpc) is 3.31. The zero-order valence-electron chi connectivity index (χ0n) is 20.0. The van der Waals surface area contributed by atoms with E-state index < -0.39 is 5.41 Å². The molecular formula is C27H35ClN2O2S. The van der Waals surface area contributed by atoms with Gasteiger partial charge >= 0.3 is 0 Å². The van der Waals surface area contributed by atoms with Crippen LogP contribution in [0.3, 0.4) is 0 Å². The number of hydrogen-bond acceptors (Lipinski definition) is 3. The number of hydrogen-bond donors (Lipinski definition) is 0. The Morgan fingerprint density at radius 1 is 1.12 bits per heavy atom. The number of alkyl halides is 1. The van der Waals surface area contributed by atoms with Gasteiger partial charge in [0.2, 0.25) is 11.8 Å². The van der Waals surface area contributed by atoms with Crippen molar-refractivity contribution in [2.75, 3.05) is 19.0 Å². The summed E-state index contributed by atoms with van der Waals surface area (Å²) in [5.74, 6) is 0.277. The largest absolute Gasteiger partial charge is 0.330 e. The predicted octanol–water partition coefficient (Wildman–Crippen LogP) is 5.96. The quantitative estimate of drug-likeness (QED) is 0.473. The van der Waals surface area contributed by atoms with Gasteiger partial charge in [0, 0.05) is 23.3 Å². The summed E-state index contributed by atoms with van der Waals surface area (Å²) < 4.78 is 0. The molecule has 1 aliphatic carbocycles. The first-order valence-corrected chi connectivity index (χ1v) is 13.5. The topological polar surface area (TPSA) is 40.6 Å². The molecule has 4 nitrogen and oxygen atoms in total. The molecule has 33 heavy (non-hydrogen) atoms. The SMILES string of the molecule is Cc1ccccc1C1c2ccsc2CCN1C(=O)CN(C(=O)C(C)(C)CCl)C1CCCCC1. The summed E-state index contributed by atoms with van der Waals surface area (Å²) in [5, 5.41) is 2.13. The van der Waals surface area contributed by atoms with E-state index in [9.17, 15) is 9.59 Å². The lowest BCUT2D eigenvalue weighted by Gasteiger charge is -2.41. The highest BCUT2D eigenvalue weighted by Crippen LogP contribution is 2.39. The molecule has 2 amide bonds. The summed E-state index contributed by atoms with van der Waals surface area (Å²) in [6, 6.07) is 10.5. The second kappa shape index (κ2) is 10.2. The van der Waals surface area contributed by atoms with E-state index in [-0.39, 0.29) is 36.3 Å². The van der Waals surface area contributed by atoms with Gasteiger partial charge in [0.1, 0.15) is 6.54 Å². The predicted molar refractivity (Wildman–Crippen MR) is 136 cm³/mol. The Bertz CT molecular complexity index is 996. The number of aryl methyl sites for hydroxylation is 1. The summed E-state index contributed by atoms with van der Waals surface area (Å²) in [6.07, 6.45) is 6.22. The minimum absolute atomic E-state index is 0.00146. The van der Waals surface area contributed by atoms with E-state index in [1.165, 1.54) is 28.0 Å². The number of rotatable bonds is 6. The van der Waals surface area contributed by atoms with Gasteiger partial charge < -0.3 is 9.80 Å². The lowest BCUT2D eigenvalue weighted by Crippen LogP contribution is -2.53. The highest BCUT2D eigenvalue weighted by atomic mass is 35.5. The maximum atomic E-state index is 13.9. The van der Waals surface area contributed by atoms with Crippen molar-refractivity contribution < 1.29 is 9.59 Å². The molecule has 2 heterocycles. The van der Waals surface area contributed by atoms with Crippen molar-refractivity contribution in [3.8, 4) is 0 Å². The van der Waals surface area contributed by atoms with Gasteiger partial charge in [-0.25, -0.2) is 0 Å². The molecule has 4 rings (SSSR count). The Labute approximate surface area is 206 Å². The Morgan fingerprint density at radius 2 is 1.85 bits per heavy atom. The first-order valence-electron chi connectivity index (χ1n) is 12.1. The van der Waals surface area contributed by atoms with E-state index in [4.69, 9.17) is 11.6 Å². The van der Waals surface area contributed by atoms with Crippen LogP contribution >= 0.6 is 22.9 Å². The lowest BCUT2D eigenvalue weighted by molar-refractivity contribution is -0.149. The fourth-order valence-corrected chi connectivity index (χ4v) is 6.27. The van der Waals surface area contributed by atoms with Crippen LogP contribution in [0.25, 0.3) is 0 Å². The highest BCUT2D eigenvalue weighted by Gasteiger charge is 2.39. The van der Waals surface area contributed by atoms with Gasteiger partial charge in [-0.2, -0.15) is 0 Å². The minimum Gasteiger partial charge on any atom is -0.330 e. The van der Waals surface area contributed by atoms with Crippen LogP contribution in [0.2, 0.25) is 0 Å². The van der Waals surface area contributed by atoms with Crippen molar-refractivity contribution in [2.24, 2.45) is 5.41 Å². The maximum absolute atomic E-state index is 13.9. The average molecular weight is 487 g/mol. The molecule has 2 aliphatic rings. The van der Waals surface area contributed by atoms with Gasteiger partial charge in [0.25, 0.3) is 0 Å². The molecule has 1 fully saturated rings.